The van der Waals surface area contributed by atoms with Crippen LogP contribution in [0.3, 0.4) is 0 Å². The van der Waals surface area contributed by atoms with Gasteiger partial charge in [0.05, 0.1) is 10.1 Å². The van der Waals surface area contributed by atoms with E-state index < -0.39 is 0 Å². The molecule has 2 aliphatic heterocycles. The van der Waals surface area contributed by atoms with Crippen LogP contribution in [0.15, 0.2) is 71.6 Å². The van der Waals surface area contributed by atoms with Gasteiger partial charge in [-0.25, -0.2) is 0 Å². The number of fused-ring (bicyclic) bond motifs is 1. The molecular formula is C28H31NO4S. The van der Waals surface area contributed by atoms with Crippen molar-refractivity contribution >= 4 is 11.8 Å². The number of hydrogen-bond donors (Lipinski definition) is 2. The maximum atomic E-state index is 10.0. The van der Waals surface area contributed by atoms with Gasteiger partial charge in [0.2, 0.25) is 0 Å². The van der Waals surface area contributed by atoms with Gasteiger partial charge < -0.3 is 19.7 Å². The summed E-state index contributed by atoms with van der Waals surface area (Å²) in [5.74, 6) is 2.92. The zero-order chi connectivity index (χ0) is 23.5. The third-order valence-corrected chi connectivity index (χ3v) is 7.94. The minimum Gasteiger partial charge on any atom is -0.508 e. The van der Waals surface area contributed by atoms with Crippen molar-refractivity contribution in [3.8, 4) is 23.0 Å². The van der Waals surface area contributed by atoms with E-state index in [0.717, 1.165) is 40.8 Å². The molecule has 0 saturated carbocycles. The Kier molecular flexibility index (Phi) is 6.88. The average Bonchev–Trinajstić information content (AvgIpc) is 3.25. The first-order valence-electron chi connectivity index (χ1n) is 11.9. The van der Waals surface area contributed by atoms with E-state index in [9.17, 15) is 10.2 Å². The predicted octanol–water partition coefficient (Wildman–Crippen LogP) is 5.66. The molecule has 2 heterocycles. The van der Waals surface area contributed by atoms with Crippen LogP contribution < -0.4 is 9.47 Å². The summed E-state index contributed by atoms with van der Waals surface area (Å²) < 4.78 is 12.4. The SMILES string of the molecule is C[C@H]1CCN(CCOc2ccc(C[C@@H]3Oc4ccc(O)cc4S[C@@H]3c3cccc(O)c3)cc2)C1. The topological polar surface area (TPSA) is 62.2 Å². The molecule has 0 radical (unpaired) electrons. The second-order valence-corrected chi connectivity index (χ2v) is 10.5. The van der Waals surface area contributed by atoms with E-state index in [2.05, 4.69) is 24.0 Å². The van der Waals surface area contributed by atoms with Crippen LogP contribution in [0.2, 0.25) is 0 Å². The van der Waals surface area contributed by atoms with Gasteiger partial charge in [-0.15, -0.1) is 11.8 Å². The molecule has 2 N–H and O–H groups in total. The average molecular weight is 478 g/mol. The molecule has 1 saturated heterocycles. The Morgan fingerprint density at radius 1 is 1.03 bits per heavy atom. The molecule has 0 amide bonds. The maximum absolute atomic E-state index is 10.0. The monoisotopic (exact) mass is 477 g/mol. The molecule has 5 rings (SSSR count). The molecule has 0 aromatic heterocycles. The zero-order valence-electron chi connectivity index (χ0n) is 19.4. The van der Waals surface area contributed by atoms with E-state index in [1.165, 1.54) is 25.1 Å². The van der Waals surface area contributed by atoms with Gasteiger partial charge in [-0.1, -0.05) is 31.2 Å². The molecule has 5 nitrogen and oxygen atoms in total. The highest BCUT2D eigenvalue weighted by Crippen LogP contribution is 2.49. The van der Waals surface area contributed by atoms with Crippen molar-refractivity contribution in [2.45, 2.75) is 36.0 Å². The molecule has 34 heavy (non-hydrogen) atoms. The fourth-order valence-electron chi connectivity index (χ4n) is 4.73. The number of benzene rings is 3. The lowest BCUT2D eigenvalue weighted by molar-refractivity contribution is 0.187. The lowest BCUT2D eigenvalue weighted by atomic mass is 10.00. The molecule has 6 heteroatoms. The molecular weight excluding hydrogens is 446 g/mol. The van der Waals surface area contributed by atoms with E-state index in [0.29, 0.717) is 6.61 Å². The Labute approximate surface area is 205 Å². The van der Waals surface area contributed by atoms with Gasteiger partial charge in [-0.3, -0.25) is 4.90 Å². The first-order valence-corrected chi connectivity index (χ1v) is 12.8. The van der Waals surface area contributed by atoms with E-state index in [4.69, 9.17) is 9.47 Å². The number of aromatic hydroxyl groups is 2. The van der Waals surface area contributed by atoms with Gasteiger partial charge >= 0.3 is 0 Å². The molecule has 178 valence electrons. The van der Waals surface area contributed by atoms with Crippen LogP contribution in [-0.2, 0) is 6.42 Å². The number of phenolic OH excluding ortho intramolecular Hbond substituents is 2. The van der Waals surface area contributed by atoms with Gasteiger partial charge in [-0.05, 0) is 72.5 Å². The van der Waals surface area contributed by atoms with Gasteiger partial charge in [-0.2, -0.15) is 0 Å². The van der Waals surface area contributed by atoms with E-state index in [-0.39, 0.29) is 22.9 Å². The molecule has 3 aromatic rings. The maximum Gasteiger partial charge on any atom is 0.133 e. The minimum absolute atomic E-state index is 0.0137. The van der Waals surface area contributed by atoms with E-state index in [1.807, 2.05) is 30.3 Å². The molecule has 3 atom stereocenters. The van der Waals surface area contributed by atoms with Crippen LogP contribution in [0.1, 0.15) is 29.7 Å². The van der Waals surface area contributed by atoms with Crippen LogP contribution in [0, 0.1) is 5.92 Å². The molecule has 0 spiro atoms. The molecule has 0 bridgehead atoms. The third kappa shape index (κ3) is 5.45. The quantitative estimate of drug-likeness (QED) is 0.458. The van der Waals surface area contributed by atoms with Crippen molar-refractivity contribution in [2.24, 2.45) is 5.92 Å². The summed E-state index contributed by atoms with van der Waals surface area (Å²) >= 11 is 1.66. The van der Waals surface area contributed by atoms with Crippen molar-refractivity contribution < 1.29 is 19.7 Å². The first-order chi connectivity index (χ1) is 16.5. The lowest BCUT2D eigenvalue weighted by Crippen LogP contribution is -2.29. The second kappa shape index (κ2) is 10.2. The standard InChI is InChI=1S/C28H31NO4S/c1-19-11-12-29(18-19)13-14-32-24-8-5-20(6-9-24)15-26-28(21-3-2-4-22(30)16-21)34-27-17-23(31)7-10-25(27)33-26/h2-10,16-17,19,26,28,30-31H,11-15,18H2,1H3/t19-,26-,28+/m0/s1. The normalized spacial score (nSPS) is 22.2. The molecule has 1 fully saturated rings. The van der Waals surface area contributed by atoms with Gasteiger partial charge in [0.1, 0.15) is 35.7 Å². The molecule has 3 aromatic carbocycles. The molecule has 0 aliphatic carbocycles. The van der Waals surface area contributed by atoms with Crippen molar-refractivity contribution in [2.75, 3.05) is 26.2 Å². The van der Waals surface area contributed by atoms with E-state index in [1.54, 1.807) is 36.0 Å². The highest BCUT2D eigenvalue weighted by Gasteiger charge is 2.32. The summed E-state index contributed by atoms with van der Waals surface area (Å²) in [6, 6.07) is 20.8. The number of likely N-dealkylation sites (tertiary alicyclic amines) is 1. The Bertz CT molecular complexity index is 1120. The highest BCUT2D eigenvalue weighted by atomic mass is 32.2. The third-order valence-electron chi connectivity index (χ3n) is 6.54. The largest absolute Gasteiger partial charge is 0.508 e. The van der Waals surface area contributed by atoms with Crippen molar-refractivity contribution in [3.63, 3.8) is 0 Å². The molecule has 0 unspecified atom stereocenters. The first kappa shape index (κ1) is 22.9. The summed E-state index contributed by atoms with van der Waals surface area (Å²) in [5, 5.41) is 19.9. The zero-order valence-corrected chi connectivity index (χ0v) is 20.2. The van der Waals surface area contributed by atoms with Crippen LogP contribution in [0.25, 0.3) is 0 Å². The number of nitrogens with zero attached hydrogens (tertiary/aromatic N) is 1. The summed E-state index contributed by atoms with van der Waals surface area (Å²) in [7, 11) is 0. The summed E-state index contributed by atoms with van der Waals surface area (Å²) in [6.45, 7) is 6.33. The van der Waals surface area contributed by atoms with Crippen LogP contribution in [-0.4, -0.2) is 47.5 Å². The molecule has 2 aliphatic rings. The Hall–Kier alpha value is -2.83. The van der Waals surface area contributed by atoms with Crippen LogP contribution in [0.4, 0.5) is 0 Å². The second-order valence-electron chi connectivity index (χ2n) is 9.31. The minimum atomic E-state index is -0.118. The predicted molar refractivity (Wildman–Crippen MR) is 135 cm³/mol. The van der Waals surface area contributed by atoms with E-state index >= 15 is 0 Å². The number of ether oxygens (including phenoxy) is 2. The summed E-state index contributed by atoms with van der Waals surface area (Å²) in [6.07, 6.45) is 1.89. The van der Waals surface area contributed by atoms with Crippen molar-refractivity contribution in [1.82, 2.24) is 4.90 Å². The Morgan fingerprint density at radius 2 is 1.85 bits per heavy atom. The van der Waals surface area contributed by atoms with Crippen molar-refractivity contribution in [3.05, 3.63) is 77.9 Å². The fraction of sp³-hybridized carbons (Fsp3) is 0.357. The highest BCUT2D eigenvalue weighted by molar-refractivity contribution is 7.99. The fourth-order valence-corrected chi connectivity index (χ4v) is 6.01. The van der Waals surface area contributed by atoms with Gasteiger partial charge in [0.25, 0.3) is 0 Å². The number of hydrogen-bond acceptors (Lipinski definition) is 6. The van der Waals surface area contributed by atoms with Crippen molar-refractivity contribution in [1.29, 1.82) is 0 Å². The van der Waals surface area contributed by atoms with Gasteiger partial charge in [0.15, 0.2) is 0 Å². The summed E-state index contributed by atoms with van der Waals surface area (Å²) in [4.78, 5) is 3.37. The number of rotatable bonds is 7. The Balaban J connectivity index is 1.27. The number of thioether (sulfide) groups is 1. The Morgan fingerprint density at radius 3 is 2.62 bits per heavy atom. The van der Waals surface area contributed by atoms with Crippen LogP contribution >= 0.6 is 11.8 Å². The van der Waals surface area contributed by atoms with Gasteiger partial charge in [0, 0.05) is 19.5 Å². The lowest BCUT2D eigenvalue weighted by Gasteiger charge is -2.33. The number of phenols is 2. The smallest absolute Gasteiger partial charge is 0.133 e. The van der Waals surface area contributed by atoms with Crippen LogP contribution in [0.5, 0.6) is 23.0 Å². The summed E-state index contributed by atoms with van der Waals surface area (Å²) in [5.41, 5.74) is 2.17.